The molecule has 19 heavy (non-hydrogen) atoms. The van der Waals surface area contributed by atoms with E-state index in [2.05, 4.69) is 20.9 Å². The molecule has 5 heteroatoms. The number of H-pyrrole nitrogens is 1. The average molecular weight is 317 g/mol. The first kappa shape index (κ1) is 11.9. The summed E-state index contributed by atoms with van der Waals surface area (Å²) in [5.41, 5.74) is 0.332. The fraction of sp³-hybridized carbons (Fsp3) is 0. The van der Waals surface area contributed by atoms with Crippen LogP contribution < -0.4 is 11.2 Å². The number of benzene rings is 2. The molecule has 4 nitrogen and oxygen atoms in total. The van der Waals surface area contributed by atoms with Gasteiger partial charge in [-0.05, 0) is 36.4 Å². The van der Waals surface area contributed by atoms with Gasteiger partial charge in [-0.25, -0.2) is 9.36 Å². The SMILES string of the molecule is O=c1[nH]c2ccccc2c(=O)n1-c1ccc(Br)cc1. The van der Waals surface area contributed by atoms with Crippen LogP contribution in [0.2, 0.25) is 0 Å². The molecule has 0 unspecified atom stereocenters. The molecule has 1 aromatic heterocycles. The first-order valence-corrected chi connectivity index (χ1v) is 6.46. The van der Waals surface area contributed by atoms with Crippen LogP contribution in [0.4, 0.5) is 0 Å². The van der Waals surface area contributed by atoms with Crippen molar-refractivity contribution in [1.29, 1.82) is 0 Å². The van der Waals surface area contributed by atoms with Crippen molar-refractivity contribution in [2.75, 3.05) is 0 Å². The van der Waals surface area contributed by atoms with E-state index in [1.807, 2.05) is 0 Å². The number of fused-ring (bicyclic) bond motifs is 1. The van der Waals surface area contributed by atoms with Gasteiger partial charge in [-0.3, -0.25) is 4.79 Å². The number of aromatic amines is 1. The van der Waals surface area contributed by atoms with E-state index in [-0.39, 0.29) is 5.56 Å². The standard InChI is InChI=1S/C14H9BrN2O2/c15-9-5-7-10(8-6-9)17-13(18)11-3-1-2-4-12(11)16-14(17)19/h1-8H,(H,16,19). The highest BCUT2D eigenvalue weighted by Gasteiger charge is 2.08. The second-order valence-electron chi connectivity index (χ2n) is 4.09. The molecule has 0 radical (unpaired) electrons. The van der Waals surface area contributed by atoms with Gasteiger partial charge in [-0.2, -0.15) is 0 Å². The quantitative estimate of drug-likeness (QED) is 0.749. The van der Waals surface area contributed by atoms with Crippen LogP contribution in [0.5, 0.6) is 0 Å². The maximum Gasteiger partial charge on any atom is 0.333 e. The second kappa shape index (κ2) is 4.51. The van der Waals surface area contributed by atoms with E-state index in [1.165, 1.54) is 0 Å². The van der Waals surface area contributed by atoms with Crippen molar-refractivity contribution < 1.29 is 0 Å². The molecule has 3 aromatic rings. The van der Waals surface area contributed by atoms with Crippen molar-refractivity contribution in [3.63, 3.8) is 0 Å². The number of hydrogen-bond acceptors (Lipinski definition) is 2. The maximum atomic E-state index is 12.4. The van der Waals surface area contributed by atoms with Crippen LogP contribution in [0.25, 0.3) is 16.6 Å². The fourth-order valence-corrected chi connectivity index (χ4v) is 2.25. The first-order chi connectivity index (χ1) is 9.16. The smallest absolute Gasteiger partial charge is 0.306 e. The zero-order valence-corrected chi connectivity index (χ0v) is 11.3. The van der Waals surface area contributed by atoms with Crippen LogP contribution in [0.1, 0.15) is 0 Å². The van der Waals surface area contributed by atoms with Crippen LogP contribution in [0, 0.1) is 0 Å². The van der Waals surface area contributed by atoms with E-state index < -0.39 is 5.69 Å². The monoisotopic (exact) mass is 316 g/mol. The van der Waals surface area contributed by atoms with E-state index in [4.69, 9.17) is 0 Å². The van der Waals surface area contributed by atoms with E-state index in [9.17, 15) is 9.59 Å². The maximum absolute atomic E-state index is 12.4. The van der Waals surface area contributed by atoms with E-state index in [0.29, 0.717) is 16.6 Å². The zero-order chi connectivity index (χ0) is 13.4. The Morgan fingerprint density at radius 3 is 2.37 bits per heavy atom. The third-order valence-corrected chi connectivity index (χ3v) is 3.42. The topological polar surface area (TPSA) is 54.9 Å². The molecule has 0 amide bonds. The summed E-state index contributed by atoms with van der Waals surface area (Å²) >= 11 is 3.32. The second-order valence-corrected chi connectivity index (χ2v) is 5.01. The Hall–Kier alpha value is -2.14. The summed E-state index contributed by atoms with van der Waals surface area (Å²) in [5, 5.41) is 0.491. The normalized spacial score (nSPS) is 10.8. The van der Waals surface area contributed by atoms with Gasteiger partial charge in [0.2, 0.25) is 0 Å². The Labute approximate surface area is 116 Å². The third-order valence-electron chi connectivity index (χ3n) is 2.89. The highest BCUT2D eigenvalue weighted by molar-refractivity contribution is 9.10. The van der Waals surface area contributed by atoms with Crippen LogP contribution >= 0.6 is 15.9 Å². The summed E-state index contributed by atoms with van der Waals surface area (Å²) in [6.45, 7) is 0. The Morgan fingerprint density at radius 1 is 0.947 bits per heavy atom. The molecule has 2 aromatic carbocycles. The van der Waals surface area contributed by atoms with Gasteiger partial charge in [0.15, 0.2) is 0 Å². The summed E-state index contributed by atoms with van der Waals surface area (Å²) in [7, 11) is 0. The molecule has 1 heterocycles. The molecule has 0 aliphatic rings. The summed E-state index contributed by atoms with van der Waals surface area (Å²) in [6, 6.07) is 14.0. The van der Waals surface area contributed by atoms with E-state index in [1.54, 1.807) is 48.5 Å². The third kappa shape index (κ3) is 2.02. The number of nitrogens with zero attached hydrogens (tertiary/aromatic N) is 1. The largest absolute Gasteiger partial charge is 0.333 e. The molecule has 0 aliphatic carbocycles. The van der Waals surface area contributed by atoms with Crippen LogP contribution in [-0.2, 0) is 0 Å². The van der Waals surface area contributed by atoms with Gasteiger partial charge in [0.25, 0.3) is 5.56 Å². The van der Waals surface area contributed by atoms with Crippen LogP contribution in [0.3, 0.4) is 0 Å². The minimum Gasteiger partial charge on any atom is -0.306 e. The number of para-hydroxylation sites is 1. The first-order valence-electron chi connectivity index (χ1n) is 5.67. The zero-order valence-electron chi connectivity index (χ0n) is 9.76. The van der Waals surface area contributed by atoms with Crippen LogP contribution in [0.15, 0.2) is 62.6 Å². The van der Waals surface area contributed by atoms with Gasteiger partial charge < -0.3 is 4.98 Å². The molecular weight excluding hydrogens is 308 g/mol. The molecule has 0 spiro atoms. The molecule has 0 saturated heterocycles. The lowest BCUT2D eigenvalue weighted by Gasteiger charge is -2.06. The number of nitrogens with one attached hydrogen (secondary N) is 1. The molecule has 0 bridgehead atoms. The Balaban J connectivity index is 2.39. The Bertz CT molecular complexity index is 863. The minimum atomic E-state index is -0.439. The molecule has 0 saturated carbocycles. The van der Waals surface area contributed by atoms with Crippen LogP contribution in [-0.4, -0.2) is 9.55 Å². The number of halogens is 1. The minimum absolute atomic E-state index is 0.318. The van der Waals surface area contributed by atoms with Crippen molar-refractivity contribution >= 4 is 26.8 Å². The van der Waals surface area contributed by atoms with Gasteiger partial charge in [0.05, 0.1) is 16.6 Å². The molecule has 1 N–H and O–H groups in total. The van der Waals surface area contributed by atoms with Gasteiger partial charge in [-0.15, -0.1) is 0 Å². The Kier molecular flexibility index (Phi) is 2.83. The highest BCUT2D eigenvalue weighted by atomic mass is 79.9. The number of hydrogen-bond donors (Lipinski definition) is 1. The van der Waals surface area contributed by atoms with Crippen molar-refractivity contribution in [2.45, 2.75) is 0 Å². The fourth-order valence-electron chi connectivity index (χ4n) is 1.99. The highest BCUT2D eigenvalue weighted by Crippen LogP contribution is 2.12. The molecule has 3 rings (SSSR count). The summed E-state index contributed by atoms with van der Waals surface area (Å²) in [5.74, 6) is 0. The predicted molar refractivity (Wildman–Crippen MR) is 77.9 cm³/mol. The lowest BCUT2D eigenvalue weighted by molar-refractivity contribution is 0.901. The van der Waals surface area contributed by atoms with Crippen molar-refractivity contribution in [3.8, 4) is 5.69 Å². The average Bonchev–Trinajstić information content (AvgIpc) is 2.41. The lowest BCUT2D eigenvalue weighted by Crippen LogP contribution is -2.33. The van der Waals surface area contributed by atoms with Crippen molar-refractivity contribution in [3.05, 3.63) is 73.8 Å². The lowest BCUT2D eigenvalue weighted by atomic mass is 10.2. The summed E-state index contributed by atoms with van der Waals surface area (Å²) in [6.07, 6.45) is 0. The summed E-state index contributed by atoms with van der Waals surface area (Å²) < 4.78 is 2.02. The predicted octanol–water partition coefficient (Wildman–Crippen LogP) is 2.44. The molecule has 94 valence electrons. The number of aromatic nitrogens is 2. The van der Waals surface area contributed by atoms with Gasteiger partial charge in [0, 0.05) is 4.47 Å². The Morgan fingerprint density at radius 2 is 1.63 bits per heavy atom. The van der Waals surface area contributed by atoms with Gasteiger partial charge in [-0.1, -0.05) is 28.1 Å². The molecule has 0 fully saturated rings. The number of rotatable bonds is 1. The van der Waals surface area contributed by atoms with E-state index >= 15 is 0 Å². The summed E-state index contributed by atoms with van der Waals surface area (Å²) in [4.78, 5) is 27.1. The molecular formula is C14H9BrN2O2. The molecule has 0 atom stereocenters. The van der Waals surface area contributed by atoms with E-state index in [0.717, 1.165) is 9.04 Å². The van der Waals surface area contributed by atoms with Crippen molar-refractivity contribution in [2.24, 2.45) is 0 Å². The van der Waals surface area contributed by atoms with Gasteiger partial charge >= 0.3 is 5.69 Å². The van der Waals surface area contributed by atoms with Crippen molar-refractivity contribution in [1.82, 2.24) is 9.55 Å². The van der Waals surface area contributed by atoms with Gasteiger partial charge in [0.1, 0.15) is 0 Å². The molecule has 0 aliphatic heterocycles.